The number of nitriles is 1. The summed E-state index contributed by atoms with van der Waals surface area (Å²) < 4.78 is 0. The first-order valence-electron chi connectivity index (χ1n) is 5.92. The number of pyridine rings is 1. The van der Waals surface area contributed by atoms with Crippen LogP contribution in [0, 0.1) is 31.1 Å². The highest BCUT2D eigenvalue weighted by Gasteiger charge is 2.29. The summed E-state index contributed by atoms with van der Waals surface area (Å²) in [5.41, 5.74) is 2.96. The summed E-state index contributed by atoms with van der Waals surface area (Å²) in [6.45, 7) is 4.23. The van der Waals surface area contributed by atoms with Gasteiger partial charge in [-0.15, -0.1) is 0 Å². The molecule has 1 aromatic heterocycles. The highest BCUT2D eigenvalue weighted by Crippen LogP contribution is 2.32. The molecule has 1 saturated carbocycles. The summed E-state index contributed by atoms with van der Waals surface area (Å²) in [5, 5.41) is 22.0. The van der Waals surface area contributed by atoms with Crippen LogP contribution in [0.2, 0.25) is 0 Å². The Bertz CT molecular complexity index is 460. The number of aliphatic hydroxyl groups is 1. The quantitative estimate of drug-likeness (QED) is 0.828. The summed E-state index contributed by atoms with van der Waals surface area (Å²) in [4.78, 5) is 4.25. The lowest BCUT2D eigenvalue weighted by Crippen LogP contribution is -2.22. The van der Waals surface area contributed by atoms with E-state index in [0.717, 1.165) is 29.9 Å². The number of aromatic nitrogens is 1. The van der Waals surface area contributed by atoms with E-state index in [9.17, 15) is 5.11 Å². The summed E-state index contributed by atoms with van der Waals surface area (Å²) in [6, 6.07) is 4.01. The maximum Gasteiger partial charge on any atom is 0.103 e. The molecule has 0 aliphatic heterocycles. The van der Waals surface area contributed by atoms with Gasteiger partial charge in [-0.3, -0.25) is 4.98 Å². The number of nitrogens with zero attached hydrogens (tertiary/aromatic N) is 2. The Morgan fingerprint density at radius 2 is 2.29 bits per heavy atom. The maximum absolute atomic E-state index is 9.79. The van der Waals surface area contributed by atoms with E-state index >= 15 is 0 Å². The monoisotopic (exact) mass is 231 g/mol. The first-order chi connectivity index (χ1) is 8.11. The molecule has 4 nitrogen and oxygen atoms in total. The Morgan fingerprint density at radius 1 is 1.59 bits per heavy atom. The summed E-state index contributed by atoms with van der Waals surface area (Å²) in [6.07, 6.45) is 1.92. The van der Waals surface area contributed by atoms with Gasteiger partial charge < -0.3 is 10.4 Å². The number of aryl methyl sites for hydroxylation is 2. The zero-order chi connectivity index (χ0) is 12.4. The van der Waals surface area contributed by atoms with Gasteiger partial charge in [-0.25, -0.2) is 0 Å². The fourth-order valence-corrected chi connectivity index (χ4v) is 1.97. The standard InChI is InChI=1S/C13H17N3O/c1-8-5-12(11(6-14)9(2)16-8)15-7-13(17)10-3-4-10/h5,10,13,17H,3-4,7H2,1-2H3,(H,15,16). The van der Waals surface area contributed by atoms with E-state index < -0.39 is 0 Å². The van der Waals surface area contributed by atoms with Crippen LogP contribution >= 0.6 is 0 Å². The molecule has 2 rings (SSSR count). The molecule has 1 aromatic rings. The smallest absolute Gasteiger partial charge is 0.103 e. The second-order valence-corrected chi connectivity index (χ2v) is 4.67. The van der Waals surface area contributed by atoms with Gasteiger partial charge in [0, 0.05) is 12.2 Å². The molecule has 0 amide bonds. The highest BCUT2D eigenvalue weighted by atomic mass is 16.3. The number of nitrogens with one attached hydrogen (secondary N) is 1. The Labute approximate surface area is 101 Å². The van der Waals surface area contributed by atoms with Gasteiger partial charge in [-0.05, 0) is 38.7 Å². The largest absolute Gasteiger partial charge is 0.391 e. The van der Waals surface area contributed by atoms with Crippen LogP contribution in [-0.2, 0) is 0 Å². The average molecular weight is 231 g/mol. The van der Waals surface area contributed by atoms with Crippen molar-refractivity contribution in [2.45, 2.75) is 32.8 Å². The fraction of sp³-hybridized carbons (Fsp3) is 0.538. The van der Waals surface area contributed by atoms with Gasteiger partial charge in [0.2, 0.25) is 0 Å². The molecule has 0 saturated heterocycles. The molecule has 1 heterocycles. The van der Waals surface area contributed by atoms with Crippen molar-refractivity contribution in [3.05, 3.63) is 23.0 Å². The van der Waals surface area contributed by atoms with Crippen LogP contribution in [-0.4, -0.2) is 22.7 Å². The number of hydrogen-bond acceptors (Lipinski definition) is 4. The van der Waals surface area contributed by atoms with Crippen LogP contribution in [0.4, 0.5) is 5.69 Å². The SMILES string of the molecule is Cc1cc(NCC(O)C2CC2)c(C#N)c(C)n1. The van der Waals surface area contributed by atoms with Crippen molar-refractivity contribution in [1.82, 2.24) is 4.98 Å². The van der Waals surface area contributed by atoms with E-state index in [1.807, 2.05) is 19.9 Å². The average Bonchev–Trinajstić information content (AvgIpc) is 3.08. The molecule has 0 spiro atoms. The number of aliphatic hydroxyl groups excluding tert-OH is 1. The van der Waals surface area contributed by atoms with Crippen LogP contribution in [0.5, 0.6) is 0 Å². The molecule has 0 aromatic carbocycles. The lowest BCUT2D eigenvalue weighted by molar-refractivity contribution is 0.164. The van der Waals surface area contributed by atoms with Crippen molar-refractivity contribution >= 4 is 5.69 Å². The minimum atomic E-state index is -0.310. The number of rotatable bonds is 4. The first kappa shape index (κ1) is 11.9. The minimum Gasteiger partial charge on any atom is -0.391 e. The van der Waals surface area contributed by atoms with Gasteiger partial charge in [0.05, 0.1) is 23.0 Å². The van der Waals surface area contributed by atoms with Gasteiger partial charge in [0.25, 0.3) is 0 Å². The second-order valence-electron chi connectivity index (χ2n) is 4.67. The molecule has 0 radical (unpaired) electrons. The van der Waals surface area contributed by atoms with E-state index in [1.165, 1.54) is 0 Å². The normalized spacial score (nSPS) is 16.4. The molecule has 90 valence electrons. The van der Waals surface area contributed by atoms with Gasteiger partial charge in [0.15, 0.2) is 0 Å². The lowest BCUT2D eigenvalue weighted by atomic mass is 10.1. The first-order valence-corrected chi connectivity index (χ1v) is 5.92. The molecule has 4 heteroatoms. The van der Waals surface area contributed by atoms with Gasteiger partial charge in [-0.1, -0.05) is 0 Å². The molecule has 17 heavy (non-hydrogen) atoms. The molecule has 1 aliphatic rings. The third-order valence-electron chi connectivity index (χ3n) is 3.11. The van der Waals surface area contributed by atoms with Crippen LogP contribution in [0.1, 0.15) is 29.8 Å². The van der Waals surface area contributed by atoms with Crippen molar-refractivity contribution in [1.29, 1.82) is 5.26 Å². The molecular weight excluding hydrogens is 214 g/mol. The van der Waals surface area contributed by atoms with E-state index in [2.05, 4.69) is 16.4 Å². The Morgan fingerprint density at radius 3 is 2.88 bits per heavy atom. The van der Waals surface area contributed by atoms with E-state index in [0.29, 0.717) is 18.0 Å². The number of anilines is 1. The Balaban J connectivity index is 2.11. The zero-order valence-corrected chi connectivity index (χ0v) is 10.2. The van der Waals surface area contributed by atoms with E-state index in [-0.39, 0.29) is 6.10 Å². The Hall–Kier alpha value is -1.60. The van der Waals surface area contributed by atoms with Crippen molar-refractivity contribution < 1.29 is 5.11 Å². The van der Waals surface area contributed by atoms with Crippen LogP contribution in [0.25, 0.3) is 0 Å². The van der Waals surface area contributed by atoms with Crippen molar-refractivity contribution in [3.8, 4) is 6.07 Å². The van der Waals surface area contributed by atoms with Crippen LogP contribution < -0.4 is 5.32 Å². The van der Waals surface area contributed by atoms with Crippen molar-refractivity contribution in [3.63, 3.8) is 0 Å². The van der Waals surface area contributed by atoms with Crippen molar-refractivity contribution in [2.24, 2.45) is 5.92 Å². The summed E-state index contributed by atoms with van der Waals surface area (Å²) in [7, 11) is 0. The highest BCUT2D eigenvalue weighted by molar-refractivity contribution is 5.59. The Kier molecular flexibility index (Phi) is 3.30. The van der Waals surface area contributed by atoms with Gasteiger partial charge in [0.1, 0.15) is 6.07 Å². The van der Waals surface area contributed by atoms with Gasteiger partial charge in [-0.2, -0.15) is 5.26 Å². The molecular formula is C13H17N3O. The molecule has 1 unspecified atom stereocenters. The number of hydrogen-bond donors (Lipinski definition) is 2. The third kappa shape index (κ3) is 2.75. The van der Waals surface area contributed by atoms with E-state index in [1.54, 1.807) is 0 Å². The molecule has 1 fully saturated rings. The summed E-state index contributed by atoms with van der Waals surface area (Å²) in [5.74, 6) is 0.442. The predicted molar refractivity (Wildman–Crippen MR) is 65.6 cm³/mol. The molecule has 1 atom stereocenters. The van der Waals surface area contributed by atoms with E-state index in [4.69, 9.17) is 5.26 Å². The summed E-state index contributed by atoms with van der Waals surface area (Å²) >= 11 is 0. The fourth-order valence-electron chi connectivity index (χ4n) is 1.97. The topological polar surface area (TPSA) is 68.9 Å². The second kappa shape index (κ2) is 4.72. The van der Waals surface area contributed by atoms with Gasteiger partial charge >= 0.3 is 0 Å². The molecule has 1 aliphatic carbocycles. The van der Waals surface area contributed by atoms with Crippen LogP contribution in [0.3, 0.4) is 0 Å². The molecule has 2 N–H and O–H groups in total. The lowest BCUT2D eigenvalue weighted by Gasteiger charge is -2.14. The predicted octanol–water partition coefficient (Wildman–Crippen LogP) is 1.75. The van der Waals surface area contributed by atoms with Crippen LogP contribution in [0.15, 0.2) is 6.07 Å². The van der Waals surface area contributed by atoms with Crippen molar-refractivity contribution in [2.75, 3.05) is 11.9 Å². The molecule has 0 bridgehead atoms. The maximum atomic E-state index is 9.79. The third-order valence-corrected chi connectivity index (χ3v) is 3.11. The minimum absolute atomic E-state index is 0.310. The zero-order valence-electron chi connectivity index (χ0n) is 10.2.